The monoisotopic (exact) mass is 246 g/mol. The molecule has 0 radical (unpaired) electrons. The minimum atomic E-state index is -0.790. The second-order valence-electron chi connectivity index (χ2n) is 3.53. The van der Waals surface area contributed by atoms with Crippen molar-refractivity contribution in [1.29, 1.82) is 0 Å². The first kappa shape index (κ1) is 12.5. The summed E-state index contributed by atoms with van der Waals surface area (Å²) in [6.07, 6.45) is 3.32. The van der Waals surface area contributed by atoms with E-state index in [1.165, 1.54) is 0 Å². The fourth-order valence-electron chi connectivity index (χ4n) is 1.25. The van der Waals surface area contributed by atoms with Crippen LogP contribution in [0.15, 0.2) is 18.3 Å². The van der Waals surface area contributed by atoms with Gasteiger partial charge in [-0.25, -0.2) is 4.98 Å². The van der Waals surface area contributed by atoms with Crippen molar-refractivity contribution >= 4 is 28.2 Å². The van der Waals surface area contributed by atoms with Gasteiger partial charge in [0, 0.05) is 42.1 Å². The Kier molecular flexibility index (Phi) is 4.54. The highest BCUT2D eigenvalue weighted by Crippen LogP contribution is 2.15. The molecule has 1 rings (SSSR count). The van der Waals surface area contributed by atoms with Crippen molar-refractivity contribution in [3.8, 4) is 0 Å². The zero-order valence-electron chi connectivity index (χ0n) is 9.11. The van der Waals surface area contributed by atoms with Crippen molar-refractivity contribution < 1.29 is 4.21 Å². The maximum Gasteiger partial charge on any atom is 0.128 e. The number of pyridine rings is 1. The number of hydrogen-bond acceptors (Lipinski definition) is 3. The molecule has 0 bridgehead atoms. The van der Waals surface area contributed by atoms with Gasteiger partial charge < -0.3 is 4.90 Å². The van der Waals surface area contributed by atoms with Crippen LogP contribution >= 0.6 is 11.6 Å². The molecular weight excluding hydrogens is 232 g/mol. The van der Waals surface area contributed by atoms with Gasteiger partial charge in [0.2, 0.25) is 0 Å². The van der Waals surface area contributed by atoms with Crippen LogP contribution in [0.25, 0.3) is 0 Å². The van der Waals surface area contributed by atoms with Gasteiger partial charge in [0.15, 0.2) is 0 Å². The van der Waals surface area contributed by atoms with E-state index in [1.807, 2.05) is 24.9 Å². The predicted molar refractivity (Wildman–Crippen MR) is 66.0 cm³/mol. The molecule has 84 valence electrons. The van der Waals surface area contributed by atoms with Gasteiger partial charge in [-0.3, -0.25) is 4.21 Å². The molecule has 1 heterocycles. The Hall–Kier alpha value is -0.610. The topological polar surface area (TPSA) is 33.2 Å². The smallest absolute Gasteiger partial charge is 0.128 e. The quantitative estimate of drug-likeness (QED) is 0.814. The highest BCUT2D eigenvalue weighted by Gasteiger charge is 2.12. The van der Waals surface area contributed by atoms with E-state index in [4.69, 9.17) is 11.6 Å². The van der Waals surface area contributed by atoms with Gasteiger partial charge in [-0.05, 0) is 19.1 Å². The SMILES string of the molecule is CC(CS(C)=O)N(C)c1ccc(Cl)cn1. The molecule has 1 aromatic rings. The minimum absolute atomic E-state index is 0.199. The molecule has 2 unspecified atom stereocenters. The molecule has 0 N–H and O–H groups in total. The fraction of sp³-hybridized carbons (Fsp3) is 0.500. The van der Waals surface area contributed by atoms with Crippen LogP contribution in [0, 0.1) is 0 Å². The van der Waals surface area contributed by atoms with E-state index in [1.54, 1.807) is 18.5 Å². The van der Waals surface area contributed by atoms with Gasteiger partial charge in [-0.1, -0.05) is 11.6 Å². The normalized spacial score (nSPS) is 14.7. The summed E-state index contributed by atoms with van der Waals surface area (Å²) in [6.45, 7) is 2.03. The lowest BCUT2D eigenvalue weighted by Gasteiger charge is -2.25. The third-order valence-electron chi connectivity index (χ3n) is 2.21. The molecule has 3 nitrogen and oxygen atoms in total. The molecule has 0 amide bonds. The van der Waals surface area contributed by atoms with E-state index in [0.29, 0.717) is 10.8 Å². The summed E-state index contributed by atoms with van der Waals surface area (Å²) in [5.74, 6) is 1.48. The maximum atomic E-state index is 11.1. The van der Waals surface area contributed by atoms with Crippen molar-refractivity contribution in [2.45, 2.75) is 13.0 Å². The second-order valence-corrected chi connectivity index (χ2v) is 5.45. The lowest BCUT2D eigenvalue weighted by molar-refractivity contribution is 0.674. The summed E-state index contributed by atoms with van der Waals surface area (Å²) in [7, 11) is 1.15. The lowest BCUT2D eigenvalue weighted by Crippen LogP contribution is -2.33. The molecule has 0 aliphatic rings. The molecule has 2 atom stereocenters. The highest BCUT2D eigenvalue weighted by molar-refractivity contribution is 7.84. The second kappa shape index (κ2) is 5.47. The molecule has 0 aliphatic carbocycles. The van der Waals surface area contributed by atoms with Crippen molar-refractivity contribution in [3.63, 3.8) is 0 Å². The van der Waals surface area contributed by atoms with Gasteiger partial charge in [0.1, 0.15) is 5.82 Å². The predicted octanol–water partition coefficient (Wildman–Crippen LogP) is 1.94. The number of halogens is 1. The summed E-state index contributed by atoms with van der Waals surface area (Å²) in [5.41, 5.74) is 0. The van der Waals surface area contributed by atoms with Gasteiger partial charge in [-0.2, -0.15) is 0 Å². The Morgan fingerprint density at radius 3 is 2.73 bits per heavy atom. The number of rotatable bonds is 4. The van der Waals surface area contributed by atoms with E-state index in [0.717, 1.165) is 5.82 Å². The Labute approximate surface area is 97.9 Å². The zero-order chi connectivity index (χ0) is 11.4. The Morgan fingerprint density at radius 2 is 2.27 bits per heavy atom. The molecule has 15 heavy (non-hydrogen) atoms. The van der Waals surface area contributed by atoms with E-state index < -0.39 is 10.8 Å². The van der Waals surface area contributed by atoms with Crippen LogP contribution in [0.4, 0.5) is 5.82 Å². The molecular formula is C10H15ClN2OS. The zero-order valence-corrected chi connectivity index (χ0v) is 10.7. The lowest BCUT2D eigenvalue weighted by atomic mass is 10.3. The van der Waals surface area contributed by atoms with Gasteiger partial charge in [0.25, 0.3) is 0 Å². The Morgan fingerprint density at radius 1 is 1.60 bits per heavy atom. The van der Waals surface area contributed by atoms with Crippen LogP contribution in [0.5, 0.6) is 0 Å². The average Bonchev–Trinajstić information content (AvgIpc) is 2.17. The molecule has 0 aromatic carbocycles. The van der Waals surface area contributed by atoms with Gasteiger partial charge in [-0.15, -0.1) is 0 Å². The largest absolute Gasteiger partial charge is 0.356 e. The molecule has 0 saturated carbocycles. The van der Waals surface area contributed by atoms with Crippen LogP contribution in [0.3, 0.4) is 0 Å². The third-order valence-corrected chi connectivity index (χ3v) is 3.39. The molecule has 5 heteroatoms. The minimum Gasteiger partial charge on any atom is -0.356 e. The van der Waals surface area contributed by atoms with Crippen LogP contribution < -0.4 is 4.90 Å². The first-order valence-corrected chi connectivity index (χ1v) is 6.75. The summed E-state index contributed by atoms with van der Waals surface area (Å²) < 4.78 is 11.1. The van der Waals surface area contributed by atoms with E-state index >= 15 is 0 Å². The number of anilines is 1. The molecule has 0 fully saturated rings. The summed E-state index contributed by atoms with van der Waals surface area (Å²) in [6, 6.07) is 3.86. The molecule has 0 aliphatic heterocycles. The van der Waals surface area contributed by atoms with Crippen LogP contribution in [0.2, 0.25) is 5.02 Å². The standard InChI is InChI=1S/C10H15ClN2OS/c1-8(7-15(3)14)13(2)10-5-4-9(11)6-12-10/h4-6,8H,7H2,1-3H3. The number of aromatic nitrogens is 1. The van der Waals surface area contributed by atoms with Crippen molar-refractivity contribution in [2.75, 3.05) is 24.0 Å². The number of hydrogen-bond donors (Lipinski definition) is 0. The first-order valence-electron chi connectivity index (χ1n) is 4.65. The summed E-state index contributed by atoms with van der Waals surface area (Å²) >= 11 is 5.75. The third kappa shape index (κ3) is 3.80. The van der Waals surface area contributed by atoms with Gasteiger partial charge in [0.05, 0.1) is 5.02 Å². The van der Waals surface area contributed by atoms with E-state index in [-0.39, 0.29) is 6.04 Å². The number of nitrogens with zero attached hydrogens (tertiary/aromatic N) is 2. The summed E-state index contributed by atoms with van der Waals surface area (Å²) in [5, 5.41) is 0.624. The van der Waals surface area contributed by atoms with Crippen LogP contribution in [-0.2, 0) is 10.8 Å². The van der Waals surface area contributed by atoms with Crippen molar-refractivity contribution in [2.24, 2.45) is 0 Å². The Balaban J connectivity index is 2.71. The van der Waals surface area contributed by atoms with E-state index in [9.17, 15) is 4.21 Å². The average molecular weight is 247 g/mol. The molecule has 0 saturated heterocycles. The van der Waals surface area contributed by atoms with Crippen LogP contribution in [0.1, 0.15) is 6.92 Å². The summed E-state index contributed by atoms with van der Waals surface area (Å²) in [4.78, 5) is 6.20. The van der Waals surface area contributed by atoms with Crippen molar-refractivity contribution in [3.05, 3.63) is 23.4 Å². The van der Waals surface area contributed by atoms with E-state index in [2.05, 4.69) is 4.98 Å². The first-order chi connectivity index (χ1) is 7.00. The molecule has 1 aromatic heterocycles. The highest BCUT2D eigenvalue weighted by atomic mass is 35.5. The van der Waals surface area contributed by atoms with Crippen molar-refractivity contribution in [1.82, 2.24) is 4.98 Å². The molecule has 0 spiro atoms. The maximum absolute atomic E-state index is 11.1. The Bertz CT molecular complexity index is 342. The van der Waals surface area contributed by atoms with Crippen LogP contribution in [-0.4, -0.2) is 34.3 Å². The van der Waals surface area contributed by atoms with Gasteiger partial charge >= 0.3 is 0 Å². The fourth-order valence-corrected chi connectivity index (χ4v) is 2.27.